The van der Waals surface area contributed by atoms with E-state index >= 15 is 4.39 Å². The molecule has 0 bridgehead atoms. The van der Waals surface area contributed by atoms with Crippen LogP contribution in [0.3, 0.4) is 0 Å². The molecule has 0 unspecified atom stereocenters. The topological polar surface area (TPSA) is 132 Å². The van der Waals surface area contributed by atoms with Gasteiger partial charge in [0.2, 0.25) is 11.8 Å². The van der Waals surface area contributed by atoms with Crippen molar-refractivity contribution in [1.29, 1.82) is 0 Å². The van der Waals surface area contributed by atoms with Crippen molar-refractivity contribution in [3.05, 3.63) is 86.6 Å². The first-order valence-corrected chi connectivity index (χ1v) is 14.7. The van der Waals surface area contributed by atoms with Crippen molar-refractivity contribution in [2.75, 3.05) is 17.7 Å². The quantitative estimate of drug-likeness (QED) is 0.242. The number of rotatable bonds is 6. The van der Waals surface area contributed by atoms with Crippen molar-refractivity contribution >= 4 is 52.5 Å². The van der Waals surface area contributed by atoms with Crippen LogP contribution in [0.5, 0.6) is 5.75 Å². The average Bonchev–Trinajstić information content (AvgIpc) is 3.38. The number of primary amides is 1. The van der Waals surface area contributed by atoms with E-state index in [4.69, 9.17) is 38.4 Å². The van der Waals surface area contributed by atoms with Crippen molar-refractivity contribution < 1.29 is 28.2 Å². The number of methoxy groups -OCH3 is 1. The molecule has 4 atom stereocenters. The Morgan fingerprint density at radius 3 is 2.52 bits per heavy atom. The van der Waals surface area contributed by atoms with E-state index in [9.17, 15) is 14.4 Å². The first-order chi connectivity index (χ1) is 20.7. The van der Waals surface area contributed by atoms with E-state index < -0.39 is 41.4 Å². The molecule has 5 N–H and O–H groups in total. The van der Waals surface area contributed by atoms with Crippen LogP contribution in [-0.2, 0) is 14.9 Å². The third kappa shape index (κ3) is 5.35. The van der Waals surface area contributed by atoms with Gasteiger partial charge in [0.05, 0.1) is 23.7 Å². The molecule has 0 radical (unpaired) electrons. The molecular formula is C32H33Cl2FN4O5. The van der Waals surface area contributed by atoms with Crippen molar-refractivity contribution in [2.24, 2.45) is 11.1 Å². The van der Waals surface area contributed by atoms with Gasteiger partial charge in [0.1, 0.15) is 17.0 Å². The first-order valence-electron chi connectivity index (χ1n) is 14.0. The molecule has 0 aliphatic carbocycles. The van der Waals surface area contributed by atoms with Crippen LogP contribution in [0.25, 0.3) is 0 Å². The van der Waals surface area contributed by atoms with Crippen LogP contribution in [0.1, 0.15) is 60.2 Å². The van der Waals surface area contributed by atoms with E-state index in [-0.39, 0.29) is 38.9 Å². The molecule has 3 amide bonds. The van der Waals surface area contributed by atoms with Crippen LogP contribution in [0.15, 0.2) is 48.5 Å². The van der Waals surface area contributed by atoms with Gasteiger partial charge >= 0.3 is 6.09 Å². The summed E-state index contributed by atoms with van der Waals surface area (Å²) in [5.74, 6) is -2.57. The second-order valence-electron chi connectivity index (χ2n) is 12.3. The Morgan fingerprint density at radius 2 is 1.86 bits per heavy atom. The molecule has 0 aromatic heterocycles. The highest BCUT2D eigenvalue weighted by molar-refractivity contribution is 6.31. The van der Waals surface area contributed by atoms with Gasteiger partial charge in [-0.1, -0.05) is 62.2 Å². The summed E-state index contributed by atoms with van der Waals surface area (Å²) in [5, 5.41) is 9.25. The molecule has 3 aromatic carbocycles. The molecular weight excluding hydrogens is 610 g/mol. The lowest BCUT2D eigenvalue weighted by Gasteiger charge is -2.37. The Morgan fingerprint density at radius 1 is 1.14 bits per heavy atom. The highest BCUT2D eigenvalue weighted by Gasteiger charge is 2.66. The monoisotopic (exact) mass is 642 g/mol. The number of halogens is 3. The number of nitrogens with one attached hydrogen (secondary N) is 3. The normalized spacial score (nSPS) is 22.5. The predicted octanol–water partition coefficient (Wildman–Crippen LogP) is 6.50. The van der Waals surface area contributed by atoms with Gasteiger partial charge in [-0.3, -0.25) is 20.2 Å². The molecule has 12 heteroatoms. The van der Waals surface area contributed by atoms with Crippen molar-refractivity contribution in [2.45, 2.75) is 57.7 Å². The van der Waals surface area contributed by atoms with Gasteiger partial charge in [0, 0.05) is 27.9 Å². The van der Waals surface area contributed by atoms with Crippen LogP contribution in [-0.4, -0.2) is 37.3 Å². The number of nitrogens with two attached hydrogens (primary N) is 1. The van der Waals surface area contributed by atoms with Crippen LogP contribution in [0.2, 0.25) is 10.0 Å². The molecule has 2 aliphatic rings. The fourth-order valence-corrected chi connectivity index (χ4v) is 6.90. The molecule has 0 saturated carbocycles. The maximum atomic E-state index is 15.9. The third-order valence-corrected chi connectivity index (χ3v) is 8.77. The van der Waals surface area contributed by atoms with E-state index in [0.29, 0.717) is 28.3 Å². The first kappa shape index (κ1) is 31.6. The molecule has 2 aliphatic heterocycles. The number of carbonyl (C=O) groups excluding carboxylic acids is 3. The van der Waals surface area contributed by atoms with Crippen LogP contribution >= 0.6 is 23.2 Å². The van der Waals surface area contributed by atoms with Gasteiger partial charge in [-0.15, -0.1) is 0 Å². The molecule has 232 valence electrons. The second kappa shape index (κ2) is 11.6. The predicted molar refractivity (Wildman–Crippen MR) is 167 cm³/mol. The number of benzene rings is 3. The Bertz CT molecular complexity index is 1680. The summed E-state index contributed by atoms with van der Waals surface area (Å²) in [4.78, 5) is 39.5. The molecule has 3 aromatic rings. The molecule has 1 spiro atoms. The van der Waals surface area contributed by atoms with Crippen LogP contribution < -0.4 is 26.4 Å². The van der Waals surface area contributed by atoms with Gasteiger partial charge in [-0.05, 0) is 60.2 Å². The lowest BCUT2D eigenvalue weighted by Crippen LogP contribution is -2.49. The summed E-state index contributed by atoms with van der Waals surface area (Å²) in [5.41, 5.74) is 5.86. The zero-order valence-electron chi connectivity index (χ0n) is 24.8. The SMILES string of the molecule is COc1c(NC(=O)O[C@H]2N[C@@H](CC(C)(C)C)[C@@]3(C(=O)Nc4cc(Cl)ccc43)[C@H]2c2cccc(Cl)c2F)ccc(C(N)=O)c1C. The minimum absolute atomic E-state index is 0.108. The zero-order chi connectivity index (χ0) is 32.1. The van der Waals surface area contributed by atoms with Crippen LogP contribution in [0, 0.1) is 18.2 Å². The van der Waals surface area contributed by atoms with Crippen molar-refractivity contribution in [3.8, 4) is 5.75 Å². The largest absolute Gasteiger partial charge is 0.494 e. The number of ether oxygens (including phenoxy) is 2. The standard InChI is InChI=1S/C32H33Cl2FN4O5/c1-15-17(27(36)40)10-12-21(26(15)43-5)38-30(42)44-28-24(18-7-6-8-20(34)25(18)35)32(23(39-28)14-31(2,3)4)19-11-9-16(33)13-22(19)37-29(32)41/h6-13,23-24,28,39H,14H2,1-5H3,(H2,36,40)(H,37,41)(H,38,42)/t23-,24-,28+,32+/m0/s1. The Labute approximate surface area is 264 Å². The summed E-state index contributed by atoms with van der Waals surface area (Å²) < 4.78 is 27.3. The van der Waals surface area contributed by atoms with Gasteiger partial charge in [0.25, 0.3) is 0 Å². The Hall–Kier alpha value is -3.86. The highest BCUT2D eigenvalue weighted by Crippen LogP contribution is 2.57. The summed E-state index contributed by atoms with van der Waals surface area (Å²) in [6.45, 7) is 7.71. The van der Waals surface area contributed by atoms with E-state index in [1.54, 1.807) is 37.3 Å². The Kier molecular flexibility index (Phi) is 8.30. The molecule has 44 heavy (non-hydrogen) atoms. The van der Waals surface area contributed by atoms with Crippen molar-refractivity contribution in [1.82, 2.24) is 5.32 Å². The average molecular weight is 644 g/mol. The fourth-order valence-electron chi connectivity index (χ4n) is 6.54. The maximum Gasteiger partial charge on any atom is 0.413 e. The second-order valence-corrected chi connectivity index (χ2v) is 13.1. The zero-order valence-corrected chi connectivity index (χ0v) is 26.3. The summed E-state index contributed by atoms with van der Waals surface area (Å²) >= 11 is 12.5. The number of anilines is 2. The van der Waals surface area contributed by atoms with E-state index in [1.807, 2.05) is 20.8 Å². The number of hydrogen-bond acceptors (Lipinski definition) is 6. The molecule has 9 nitrogen and oxygen atoms in total. The summed E-state index contributed by atoms with van der Waals surface area (Å²) in [6, 6.07) is 12.0. The number of amides is 3. The molecule has 5 rings (SSSR count). The van der Waals surface area contributed by atoms with Gasteiger partial charge in [-0.2, -0.15) is 0 Å². The highest BCUT2D eigenvalue weighted by atomic mass is 35.5. The number of hydrogen-bond donors (Lipinski definition) is 4. The fraction of sp³-hybridized carbons (Fsp3) is 0.344. The maximum absolute atomic E-state index is 15.9. The third-order valence-electron chi connectivity index (χ3n) is 8.24. The number of fused-ring (bicyclic) bond motifs is 2. The molecule has 1 saturated heterocycles. The van der Waals surface area contributed by atoms with Gasteiger partial charge in [-0.25, -0.2) is 9.18 Å². The lowest BCUT2D eigenvalue weighted by molar-refractivity contribution is -0.122. The minimum Gasteiger partial charge on any atom is -0.494 e. The van der Waals surface area contributed by atoms with E-state index in [1.165, 1.54) is 25.3 Å². The summed E-state index contributed by atoms with van der Waals surface area (Å²) in [7, 11) is 1.39. The lowest BCUT2D eigenvalue weighted by atomic mass is 9.63. The molecule has 1 fully saturated rings. The van der Waals surface area contributed by atoms with Gasteiger partial charge in [0.15, 0.2) is 6.23 Å². The minimum atomic E-state index is -1.40. The molecule has 2 heterocycles. The smallest absolute Gasteiger partial charge is 0.413 e. The Balaban J connectivity index is 1.62. The van der Waals surface area contributed by atoms with Crippen LogP contribution in [0.4, 0.5) is 20.6 Å². The van der Waals surface area contributed by atoms with E-state index in [2.05, 4.69) is 16.0 Å². The van der Waals surface area contributed by atoms with Crippen molar-refractivity contribution in [3.63, 3.8) is 0 Å². The number of carbonyl (C=O) groups is 3. The van der Waals surface area contributed by atoms with E-state index in [0.717, 1.165) is 0 Å². The van der Waals surface area contributed by atoms with Gasteiger partial charge < -0.3 is 20.5 Å². The summed E-state index contributed by atoms with van der Waals surface area (Å²) in [6.07, 6.45) is -1.62.